The molecule has 0 radical (unpaired) electrons. The molecule has 1 fully saturated rings. The summed E-state index contributed by atoms with van der Waals surface area (Å²) in [6.07, 6.45) is -3.33. The van der Waals surface area contributed by atoms with E-state index in [1.54, 1.807) is 0 Å². The first-order valence-corrected chi connectivity index (χ1v) is 8.77. The van der Waals surface area contributed by atoms with Crippen molar-refractivity contribution >= 4 is 29.3 Å². The fourth-order valence-corrected chi connectivity index (χ4v) is 3.99. The van der Waals surface area contributed by atoms with Crippen LogP contribution in [0.1, 0.15) is 38.7 Å². The predicted octanol–water partition coefficient (Wildman–Crippen LogP) is 4.90. The average molecular weight is 390 g/mol. The Morgan fingerprint density at radius 2 is 1.88 bits per heavy atom. The zero-order chi connectivity index (χ0) is 19.2. The van der Waals surface area contributed by atoms with Crippen LogP contribution in [0.3, 0.4) is 0 Å². The number of carbonyl (C=O) groups is 1. The molecule has 0 bridgehead atoms. The van der Waals surface area contributed by atoms with Gasteiger partial charge in [0.05, 0.1) is 16.3 Å². The third kappa shape index (κ3) is 3.37. The first-order valence-electron chi connectivity index (χ1n) is 8.39. The van der Waals surface area contributed by atoms with Gasteiger partial charge in [-0.25, -0.2) is 4.79 Å². The van der Waals surface area contributed by atoms with Crippen LogP contribution in [-0.4, -0.2) is 35.4 Å². The standard InChI is InChI=1S/C18H19ClF3NO3/c1-9-4-3-5-10(2)23(9)14-8-15-11(7-13(14)19)6-12(17(24)25)16(26-15)18(20,21)22/h6-10,16H,3-5H2,1-2H3,(H,24,25). The fourth-order valence-electron chi connectivity index (χ4n) is 3.72. The van der Waals surface area contributed by atoms with E-state index in [1.165, 1.54) is 12.1 Å². The van der Waals surface area contributed by atoms with Gasteiger partial charge in [0, 0.05) is 23.7 Å². The van der Waals surface area contributed by atoms with Gasteiger partial charge in [-0.1, -0.05) is 11.6 Å². The van der Waals surface area contributed by atoms with Gasteiger partial charge >= 0.3 is 12.1 Å². The summed E-state index contributed by atoms with van der Waals surface area (Å²) >= 11 is 6.38. The fraction of sp³-hybridized carbons (Fsp3) is 0.500. The topological polar surface area (TPSA) is 49.8 Å². The van der Waals surface area contributed by atoms with E-state index < -0.39 is 23.8 Å². The molecule has 1 N–H and O–H groups in total. The summed E-state index contributed by atoms with van der Waals surface area (Å²) in [6, 6.07) is 3.35. The quantitative estimate of drug-likeness (QED) is 0.781. The molecule has 0 aromatic heterocycles. The SMILES string of the molecule is CC1CCCC(C)N1c1cc2c(cc1Cl)C=C(C(=O)O)C(C(F)(F)F)O2. The number of ether oxygens (including phenoxy) is 1. The van der Waals surface area contributed by atoms with Crippen LogP contribution in [-0.2, 0) is 4.79 Å². The van der Waals surface area contributed by atoms with E-state index in [9.17, 15) is 18.0 Å². The molecule has 1 saturated heterocycles. The highest BCUT2D eigenvalue weighted by atomic mass is 35.5. The maximum Gasteiger partial charge on any atom is 0.430 e. The Labute approximate surface area is 154 Å². The Balaban J connectivity index is 2.07. The number of anilines is 1. The second kappa shape index (κ2) is 6.68. The number of hydrogen-bond acceptors (Lipinski definition) is 3. The lowest BCUT2D eigenvalue weighted by Gasteiger charge is -2.41. The highest BCUT2D eigenvalue weighted by molar-refractivity contribution is 6.33. The number of alkyl halides is 3. The van der Waals surface area contributed by atoms with E-state index in [2.05, 4.69) is 4.90 Å². The lowest BCUT2D eigenvalue weighted by atomic mass is 9.95. The first kappa shape index (κ1) is 18.9. The summed E-state index contributed by atoms with van der Waals surface area (Å²) in [5.74, 6) is -1.68. The number of benzene rings is 1. The average Bonchev–Trinajstić information content (AvgIpc) is 2.53. The molecule has 1 aromatic rings. The zero-order valence-corrected chi connectivity index (χ0v) is 15.1. The zero-order valence-electron chi connectivity index (χ0n) is 14.3. The minimum Gasteiger partial charge on any atom is -0.478 e. The molecule has 3 rings (SSSR count). The van der Waals surface area contributed by atoms with Gasteiger partial charge in [0.15, 0.2) is 0 Å². The Kier molecular flexibility index (Phi) is 4.86. The molecule has 2 aliphatic heterocycles. The number of carboxylic acids is 1. The Morgan fingerprint density at radius 3 is 2.42 bits per heavy atom. The van der Waals surface area contributed by atoms with Crippen LogP contribution in [0.25, 0.3) is 6.08 Å². The van der Waals surface area contributed by atoms with E-state index in [4.69, 9.17) is 21.4 Å². The van der Waals surface area contributed by atoms with Gasteiger partial charge in [0.2, 0.25) is 6.10 Å². The number of carboxylic acid groups (broad SMARTS) is 1. The van der Waals surface area contributed by atoms with Gasteiger partial charge in [-0.2, -0.15) is 13.2 Å². The van der Waals surface area contributed by atoms with Crippen molar-refractivity contribution in [2.75, 3.05) is 4.90 Å². The first-order chi connectivity index (χ1) is 12.1. The number of nitrogens with zero attached hydrogens (tertiary/aromatic N) is 1. The van der Waals surface area contributed by atoms with Gasteiger partial charge in [0.25, 0.3) is 0 Å². The Morgan fingerprint density at radius 1 is 1.27 bits per heavy atom. The summed E-state index contributed by atoms with van der Waals surface area (Å²) in [7, 11) is 0. The number of hydrogen-bond donors (Lipinski definition) is 1. The van der Waals surface area contributed by atoms with Crippen molar-refractivity contribution in [2.45, 2.75) is 57.5 Å². The maximum atomic E-state index is 13.2. The molecule has 0 amide bonds. The third-order valence-corrected chi connectivity index (χ3v) is 5.24. The maximum absolute atomic E-state index is 13.2. The molecular weight excluding hydrogens is 371 g/mol. The van der Waals surface area contributed by atoms with Crippen molar-refractivity contribution in [1.29, 1.82) is 0 Å². The number of rotatable bonds is 2. The lowest BCUT2D eigenvalue weighted by molar-refractivity contribution is -0.187. The number of halogens is 4. The second-order valence-electron chi connectivity index (χ2n) is 6.82. The van der Waals surface area contributed by atoms with Gasteiger partial charge in [-0.15, -0.1) is 0 Å². The summed E-state index contributed by atoms with van der Waals surface area (Å²) in [4.78, 5) is 13.3. The van der Waals surface area contributed by atoms with Crippen molar-refractivity contribution in [3.05, 3.63) is 28.3 Å². The van der Waals surface area contributed by atoms with E-state index in [-0.39, 0.29) is 23.4 Å². The molecule has 0 spiro atoms. The minimum absolute atomic E-state index is 0.0123. The molecule has 8 heteroatoms. The molecule has 3 atom stereocenters. The monoisotopic (exact) mass is 389 g/mol. The lowest BCUT2D eigenvalue weighted by Crippen LogP contribution is -2.44. The van der Waals surface area contributed by atoms with Crippen LogP contribution >= 0.6 is 11.6 Å². The van der Waals surface area contributed by atoms with Crippen LogP contribution in [0.4, 0.5) is 18.9 Å². The number of aliphatic carboxylic acids is 1. The van der Waals surface area contributed by atoms with Crippen molar-refractivity contribution < 1.29 is 27.8 Å². The van der Waals surface area contributed by atoms with Gasteiger partial charge < -0.3 is 14.7 Å². The molecular formula is C18H19ClF3NO3. The highest BCUT2D eigenvalue weighted by Gasteiger charge is 2.48. The van der Waals surface area contributed by atoms with Crippen LogP contribution < -0.4 is 9.64 Å². The smallest absolute Gasteiger partial charge is 0.430 e. The largest absolute Gasteiger partial charge is 0.478 e. The molecule has 4 nitrogen and oxygen atoms in total. The highest BCUT2D eigenvalue weighted by Crippen LogP contribution is 2.43. The number of fused-ring (bicyclic) bond motifs is 1. The van der Waals surface area contributed by atoms with E-state index >= 15 is 0 Å². The predicted molar refractivity (Wildman–Crippen MR) is 92.8 cm³/mol. The van der Waals surface area contributed by atoms with Gasteiger partial charge in [-0.3, -0.25) is 0 Å². The van der Waals surface area contributed by atoms with E-state index in [0.29, 0.717) is 10.7 Å². The third-order valence-electron chi connectivity index (χ3n) is 4.93. The van der Waals surface area contributed by atoms with Crippen LogP contribution in [0, 0.1) is 0 Å². The molecule has 3 unspecified atom stereocenters. The van der Waals surface area contributed by atoms with Gasteiger partial charge in [0.1, 0.15) is 5.75 Å². The second-order valence-corrected chi connectivity index (χ2v) is 7.23. The van der Waals surface area contributed by atoms with Crippen molar-refractivity contribution in [2.24, 2.45) is 0 Å². The summed E-state index contributed by atoms with van der Waals surface area (Å²) < 4.78 is 44.8. The molecule has 26 heavy (non-hydrogen) atoms. The molecule has 1 aromatic carbocycles. The van der Waals surface area contributed by atoms with E-state index in [1.807, 2.05) is 13.8 Å². The van der Waals surface area contributed by atoms with E-state index in [0.717, 1.165) is 25.3 Å². The van der Waals surface area contributed by atoms with Crippen LogP contribution in [0.15, 0.2) is 17.7 Å². The Bertz CT molecular complexity index is 753. The van der Waals surface area contributed by atoms with Crippen molar-refractivity contribution in [3.8, 4) is 5.75 Å². The van der Waals surface area contributed by atoms with Gasteiger partial charge in [-0.05, 0) is 45.3 Å². The summed E-state index contributed by atoms with van der Waals surface area (Å²) in [6.45, 7) is 4.10. The molecule has 0 aliphatic carbocycles. The van der Waals surface area contributed by atoms with Crippen molar-refractivity contribution in [3.63, 3.8) is 0 Å². The van der Waals surface area contributed by atoms with Crippen LogP contribution in [0.2, 0.25) is 5.02 Å². The molecule has 2 aliphatic rings. The number of piperidine rings is 1. The summed E-state index contributed by atoms with van der Waals surface area (Å²) in [5.41, 5.74) is -0.0132. The van der Waals surface area contributed by atoms with Crippen LogP contribution in [0.5, 0.6) is 5.75 Å². The van der Waals surface area contributed by atoms with Crippen molar-refractivity contribution in [1.82, 2.24) is 0 Å². The summed E-state index contributed by atoms with van der Waals surface area (Å²) in [5, 5.41) is 9.47. The minimum atomic E-state index is -4.83. The normalized spacial score (nSPS) is 26.0. The molecule has 0 saturated carbocycles. The molecule has 2 heterocycles. The molecule has 142 valence electrons. The Hall–Kier alpha value is -1.89.